The van der Waals surface area contributed by atoms with Gasteiger partial charge in [-0.1, -0.05) is 23.7 Å². The molecule has 23 heteroatoms. The molecule has 14 nitrogen and oxygen atoms in total. The number of amides is 1. The second-order valence-corrected chi connectivity index (χ2v) is 18.7. The monoisotopic (exact) mass is 938 g/mol. The quantitative estimate of drug-likeness (QED) is 0.123. The molecule has 5 aromatic heterocycles. The first-order valence-electron chi connectivity index (χ1n) is 19.3. The Kier molecular flexibility index (Phi) is 9.65. The van der Waals surface area contributed by atoms with Crippen molar-refractivity contribution >= 4 is 76.9 Å². The molecule has 0 radical (unpaired) electrons. The molecule has 328 valence electrons. The summed E-state index contributed by atoms with van der Waals surface area (Å²) in [6, 6.07) is 12.4. The first kappa shape index (κ1) is 41.6. The van der Waals surface area contributed by atoms with Gasteiger partial charge >= 0.3 is 0 Å². The van der Waals surface area contributed by atoms with Crippen molar-refractivity contribution in [1.82, 2.24) is 43.8 Å². The first-order valence-corrected chi connectivity index (χ1v) is 22.3. The van der Waals surface area contributed by atoms with E-state index in [-0.39, 0.29) is 61.8 Å². The largest absolute Gasteiger partial charge is 0.344 e. The van der Waals surface area contributed by atoms with Gasteiger partial charge in [0, 0.05) is 48.2 Å². The lowest BCUT2D eigenvalue weighted by Crippen LogP contribution is -2.38. The molecule has 0 saturated heterocycles. The van der Waals surface area contributed by atoms with E-state index in [1.165, 1.54) is 41.5 Å². The van der Waals surface area contributed by atoms with Gasteiger partial charge < -0.3 is 5.32 Å². The second-order valence-electron chi connectivity index (χ2n) is 15.7. The van der Waals surface area contributed by atoms with Gasteiger partial charge in [0.15, 0.2) is 11.5 Å². The summed E-state index contributed by atoms with van der Waals surface area (Å²) in [6.07, 6.45) is -1.10. The van der Waals surface area contributed by atoms with E-state index in [1.807, 2.05) is 12.1 Å². The van der Waals surface area contributed by atoms with E-state index in [4.69, 9.17) is 21.6 Å². The number of hydrogen-bond donors (Lipinski definition) is 2. The predicted octanol–water partition coefficient (Wildman–Crippen LogP) is 7.69. The van der Waals surface area contributed by atoms with Crippen molar-refractivity contribution in [2.24, 2.45) is 13.0 Å². The average Bonchev–Trinajstić information content (AvgIpc) is 3.44. The van der Waals surface area contributed by atoms with Crippen molar-refractivity contribution in [1.29, 1.82) is 0 Å². The van der Waals surface area contributed by atoms with Crippen LogP contribution in [0.15, 0.2) is 71.7 Å². The lowest BCUT2D eigenvalue weighted by molar-refractivity contribution is -0.123. The van der Waals surface area contributed by atoms with Crippen molar-refractivity contribution in [3.8, 4) is 16.9 Å². The smallest absolute Gasteiger partial charge is 0.293 e. The van der Waals surface area contributed by atoms with Gasteiger partial charge in [-0.25, -0.2) is 35.9 Å². The lowest BCUT2D eigenvalue weighted by Gasteiger charge is -2.24. The number of carbonyl (C=O) groups is 1. The molecule has 2 aliphatic rings. The molecular weight excluding hydrogens is 910 g/mol. The maximum atomic E-state index is 15.6. The van der Waals surface area contributed by atoms with Gasteiger partial charge in [0.25, 0.3) is 17.9 Å². The molecule has 0 unspecified atom stereocenters. The average molecular weight is 939 g/mol. The van der Waals surface area contributed by atoms with Gasteiger partial charge in [-0.3, -0.25) is 28.2 Å². The highest BCUT2D eigenvalue weighted by Crippen LogP contribution is 2.68. The fraction of sp³-hybridized carbons (Fsp3) is 0.244. The number of halogens is 7. The third kappa shape index (κ3) is 7.03. The predicted molar refractivity (Wildman–Crippen MR) is 224 cm³/mol. The van der Waals surface area contributed by atoms with E-state index in [0.717, 1.165) is 33.0 Å². The molecule has 64 heavy (non-hydrogen) atoms. The first-order chi connectivity index (χ1) is 30.4. The highest BCUT2D eigenvalue weighted by Gasteiger charge is 2.67. The fourth-order valence-electron chi connectivity index (χ4n) is 8.64. The minimum absolute atomic E-state index is 0.0000785. The van der Waals surface area contributed by atoms with Crippen molar-refractivity contribution in [2.75, 3.05) is 11.0 Å². The number of pyridine rings is 1. The molecule has 0 spiro atoms. The lowest BCUT2D eigenvalue weighted by atomic mass is 10.0. The Balaban J connectivity index is 1.18. The number of rotatable bonds is 11. The summed E-state index contributed by atoms with van der Waals surface area (Å²) in [6.45, 7) is -0.994. The van der Waals surface area contributed by atoms with Crippen LogP contribution in [-0.2, 0) is 40.8 Å². The van der Waals surface area contributed by atoms with Gasteiger partial charge in [-0.15, -0.1) is 0 Å². The molecule has 2 N–H and O–H groups in total. The van der Waals surface area contributed by atoms with Crippen LogP contribution in [0.2, 0.25) is 5.02 Å². The number of sulfonamides is 1. The summed E-state index contributed by atoms with van der Waals surface area (Å²) in [5.41, 5.74) is -1.80. The molecule has 1 fully saturated rings. The highest BCUT2D eigenvalue weighted by atomic mass is 35.5. The zero-order chi connectivity index (χ0) is 45.1. The summed E-state index contributed by atoms with van der Waals surface area (Å²) in [5, 5.41) is 11.6. The maximum Gasteiger partial charge on any atom is 0.293 e. The van der Waals surface area contributed by atoms with Crippen LogP contribution in [0, 0.1) is 17.6 Å². The summed E-state index contributed by atoms with van der Waals surface area (Å²) >= 11 is 7.90. The number of alkyl halides is 4. The summed E-state index contributed by atoms with van der Waals surface area (Å²) in [4.78, 5) is 38.8. The zero-order valence-corrected chi connectivity index (χ0v) is 35.3. The fourth-order valence-corrected chi connectivity index (χ4v) is 10.1. The number of aromatic nitrogens is 8. The molecule has 1 saturated carbocycles. The topological polar surface area (TPSA) is 172 Å². The van der Waals surface area contributed by atoms with Crippen molar-refractivity contribution in [3.05, 3.63) is 122 Å². The van der Waals surface area contributed by atoms with Crippen LogP contribution in [0.25, 0.3) is 49.0 Å². The van der Waals surface area contributed by atoms with Crippen LogP contribution >= 0.6 is 23.1 Å². The van der Waals surface area contributed by atoms with Crippen LogP contribution < -0.4 is 15.6 Å². The summed E-state index contributed by atoms with van der Waals surface area (Å²) in [7, 11) is -2.47. The number of benzene rings is 3. The number of nitrogens with one attached hydrogen (secondary N) is 2. The number of carbonyl (C=O) groups excluding carboxylic acids is 1. The van der Waals surface area contributed by atoms with Crippen molar-refractivity contribution < 1.29 is 39.6 Å². The Bertz CT molecular complexity index is 3450. The van der Waals surface area contributed by atoms with Gasteiger partial charge in [0.1, 0.15) is 35.4 Å². The van der Waals surface area contributed by atoms with Crippen LogP contribution in [-0.4, -0.2) is 59.1 Å². The molecule has 8 aromatic rings. The third-order valence-electron chi connectivity index (χ3n) is 11.3. The van der Waals surface area contributed by atoms with Crippen molar-refractivity contribution in [3.63, 3.8) is 0 Å². The van der Waals surface area contributed by atoms with Gasteiger partial charge in [-0.2, -0.15) is 23.4 Å². The van der Waals surface area contributed by atoms with E-state index in [2.05, 4.69) is 24.6 Å². The number of nitrogens with zero attached hydrogens (tertiary/aromatic N) is 8. The number of aryl methyl sites for hydroxylation is 1. The van der Waals surface area contributed by atoms with Crippen LogP contribution in [0.4, 0.5) is 32.2 Å². The molecule has 1 amide bonds. The van der Waals surface area contributed by atoms with E-state index in [0.29, 0.717) is 22.0 Å². The normalized spacial score (nSPS) is 17.0. The van der Waals surface area contributed by atoms with E-state index in [1.54, 1.807) is 18.3 Å². The molecule has 3 aromatic carbocycles. The Morgan fingerprint density at radius 2 is 1.80 bits per heavy atom. The standard InChI is InChI=1S/C41H29ClF6N10O4S2/c1-56-34-28(8-6-25(42)32(34)38(54-56)55-64(2,61)62)58-39(52-37-22(40(58)60)5-7-26(51-37)18-3-4-19-15-49-63-29(19)12-18)27(11-17-9-20(43)13-21(44)10-17)50-30(59)16-57-35-31(33(53-57)36(45)46)23-14-24(23)41(35,47)48/h3-10,12-13,15,23-24,27,36H,11,14,16H2,1-2H3,(H,50,59)(H,54,55)/t23-,24+,27-/m0/s1. The molecule has 2 aliphatic carbocycles. The Labute approximate surface area is 365 Å². The Hall–Kier alpha value is -6.39. The molecule has 0 bridgehead atoms. The molecule has 0 aliphatic heterocycles. The van der Waals surface area contributed by atoms with Crippen LogP contribution in [0.3, 0.4) is 0 Å². The SMILES string of the molecule is Cn1nc(NS(C)(=O)=O)c2c(Cl)ccc(-n3c([C@H](Cc4cc(F)cc(F)c4)NC(=O)Cn4nc(C(F)F)c5c4C(F)(F)[C@@H]4C[C@H]54)nc4nc(-c5ccc6cnsc6c5)ccc4c3=O)c21. The minimum Gasteiger partial charge on any atom is -0.344 e. The highest BCUT2D eigenvalue weighted by molar-refractivity contribution is 7.92. The van der Waals surface area contributed by atoms with Crippen LogP contribution in [0.5, 0.6) is 0 Å². The Morgan fingerprint density at radius 1 is 1.03 bits per heavy atom. The van der Waals surface area contributed by atoms with Gasteiger partial charge in [0.2, 0.25) is 15.9 Å². The molecule has 3 atom stereocenters. The van der Waals surface area contributed by atoms with Gasteiger partial charge in [-0.05, 0) is 71.9 Å². The molecule has 10 rings (SSSR count). The van der Waals surface area contributed by atoms with E-state index >= 15 is 13.6 Å². The minimum atomic E-state index is -3.92. The molecular formula is C41H29ClF6N10O4S2. The number of hydrogen-bond acceptors (Lipinski definition) is 10. The van der Waals surface area contributed by atoms with E-state index < -0.39 is 87.7 Å². The third-order valence-corrected chi connectivity index (χ3v) is 13.0. The maximum absolute atomic E-state index is 15.6. The Morgan fingerprint density at radius 3 is 2.53 bits per heavy atom. The molecule has 5 heterocycles. The summed E-state index contributed by atoms with van der Waals surface area (Å²) in [5.74, 6) is -9.13. The number of anilines is 1. The number of fused-ring (bicyclic) bond motifs is 6. The van der Waals surface area contributed by atoms with E-state index in [9.17, 15) is 30.8 Å². The van der Waals surface area contributed by atoms with Gasteiger partial charge in [0.05, 0.1) is 49.7 Å². The summed E-state index contributed by atoms with van der Waals surface area (Å²) < 4.78 is 124. The second kappa shape index (κ2) is 14.8. The van der Waals surface area contributed by atoms with Crippen molar-refractivity contribution in [2.45, 2.75) is 43.7 Å². The van der Waals surface area contributed by atoms with Crippen LogP contribution in [0.1, 0.15) is 53.1 Å². The zero-order valence-electron chi connectivity index (χ0n) is 33.0.